The molecule has 6 nitrogen and oxygen atoms in total. The lowest BCUT2D eigenvalue weighted by molar-refractivity contribution is -0.137. The second kappa shape index (κ2) is 8.67. The molecule has 1 atom stereocenters. The van der Waals surface area contributed by atoms with Crippen molar-refractivity contribution >= 4 is 28.9 Å². The van der Waals surface area contributed by atoms with Gasteiger partial charge >= 0.3 is 0 Å². The van der Waals surface area contributed by atoms with Crippen LogP contribution in [0.15, 0.2) is 78.9 Å². The maximum Gasteiger partial charge on any atom is 0.256 e. The van der Waals surface area contributed by atoms with Crippen LogP contribution in [0.2, 0.25) is 0 Å². The van der Waals surface area contributed by atoms with Gasteiger partial charge in [-0.2, -0.15) is 0 Å². The van der Waals surface area contributed by atoms with Gasteiger partial charge in [-0.1, -0.05) is 30.3 Å². The van der Waals surface area contributed by atoms with Crippen molar-refractivity contribution in [1.29, 1.82) is 0 Å². The summed E-state index contributed by atoms with van der Waals surface area (Å²) in [7, 11) is 0. The predicted molar refractivity (Wildman–Crippen MR) is 124 cm³/mol. The molecule has 2 saturated heterocycles. The standard InChI is InChI=1S/C26H24FN3O3/c27-19-10-12-21(13-11-19)30-18-26(33-16-24(30)31)14-15-29(17-26)25(32)22-8-4-5-9-23(22)28-20-6-2-1-3-7-20/h1-13,28H,14-18H2/t26-/m1/s1. The topological polar surface area (TPSA) is 61.9 Å². The molecule has 168 valence electrons. The molecule has 2 fully saturated rings. The lowest BCUT2D eigenvalue weighted by Gasteiger charge is -2.40. The number of amides is 2. The summed E-state index contributed by atoms with van der Waals surface area (Å²) in [6, 6.07) is 23.0. The summed E-state index contributed by atoms with van der Waals surface area (Å²) in [6.07, 6.45) is 0.623. The third-order valence-corrected chi connectivity index (χ3v) is 6.20. The first kappa shape index (κ1) is 21.2. The van der Waals surface area contributed by atoms with Gasteiger partial charge in [-0.25, -0.2) is 4.39 Å². The average molecular weight is 445 g/mol. The molecule has 1 spiro atoms. The zero-order valence-corrected chi connectivity index (χ0v) is 18.0. The van der Waals surface area contributed by atoms with Crippen molar-refractivity contribution in [2.24, 2.45) is 0 Å². The summed E-state index contributed by atoms with van der Waals surface area (Å²) >= 11 is 0. The molecule has 0 bridgehead atoms. The number of rotatable bonds is 4. The van der Waals surface area contributed by atoms with Crippen LogP contribution in [-0.2, 0) is 9.53 Å². The third-order valence-electron chi connectivity index (χ3n) is 6.20. The highest BCUT2D eigenvalue weighted by molar-refractivity contribution is 6.00. The number of hydrogen-bond acceptors (Lipinski definition) is 4. The summed E-state index contributed by atoms with van der Waals surface area (Å²) in [4.78, 5) is 29.3. The highest BCUT2D eigenvalue weighted by atomic mass is 19.1. The SMILES string of the molecule is O=C(c1ccccc1Nc1ccccc1)N1CC[C@@]2(C1)CN(c1ccc(F)cc1)C(=O)CO2. The van der Waals surface area contributed by atoms with Gasteiger partial charge in [0.1, 0.15) is 18.0 Å². The number of hydrogen-bond donors (Lipinski definition) is 1. The smallest absolute Gasteiger partial charge is 0.256 e. The van der Waals surface area contributed by atoms with Crippen LogP contribution in [-0.4, -0.2) is 48.6 Å². The van der Waals surface area contributed by atoms with Crippen LogP contribution >= 0.6 is 0 Å². The molecule has 7 heteroatoms. The van der Waals surface area contributed by atoms with E-state index in [2.05, 4.69) is 5.32 Å². The van der Waals surface area contributed by atoms with Gasteiger partial charge in [-0.15, -0.1) is 0 Å². The number of para-hydroxylation sites is 2. The predicted octanol–water partition coefficient (Wildman–Crippen LogP) is 4.22. The number of halogens is 1. The second-order valence-corrected chi connectivity index (χ2v) is 8.44. The number of likely N-dealkylation sites (tertiary alicyclic amines) is 1. The van der Waals surface area contributed by atoms with Crippen LogP contribution in [0.4, 0.5) is 21.5 Å². The van der Waals surface area contributed by atoms with Gasteiger partial charge in [-0.05, 0) is 55.0 Å². The number of morpholine rings is 1. The fourth-order valence-corrected chi connectivity index (χ4v) is 4.46. The van der Waals surface area contributed by atoms with Gasteiger partial charge in [0.15, 0.2) is 0 Å². The Morgan fingerprint density at radius 1 is 0.939 bits per heavy atom. The fraction of sp³-hybridized carbons (Fsp3) is 0.231. The normalized spacial score (nSPS) is 20.3. The quantitative estimate of drug-likeness (QED) is 0.653. The van der Waals surface area contributed by atoms with Crippen molar-refractivity contribution in [3.8, 4) is 0 Å². The average Bonchev–Trinajstić information content (AvgIpc) is 3.26. The Balaban J connectivity index is 1.33. The van der Waals surface area contributed by atoms with Crippen LogP contribution < -0.4 is 10.2 Å². The van der Waals surface area contributed by atoms with E-state index in [1.807, 2.05) is 54.6 Å². The van der Waals surface area contributed by atoms with Crippen molar-refractivity contribution in [3.05, 3.63) is 90.2 Å². The van der Waals surface area contributed by atoms with Crippen molar-refractivity contribution in [2.45, 2.75) is 12.0 Å². The molecule has 0 radical (unpaired) electrons. The number of benzene rings is 3. The Kier molecular flexibility index (Phi) is 5.56. The van der Waals surface area contributed by atoms with Crippen LogP contribution in [0.5, 0.6) is 0 Å². The molecule has 0 unspecified atom stereocenters. The number of carbonyl (C=O) groups is 2. The summed E-state index contributed by atoms with van der Waals surface area (Å²) < 4.78 is 19.3. The maximum absolute atomic E-state index is 13.4. The van der Waals surface area contributed by atoms with Crippen LogP contribution in [0.1, 0.15) is 16.8 Å². The van der Waals surface area contributed by atoms with Gasteiger partial charge in [0.05, 0.1) is 24.3 Å². The number of anilines is 3. The molecule has 0 saturated carbocycles. The third kappa shape index (κ3) is 4.32. The second-order valence-electron chi connectivity index (χ2n) is 8.44. The Hall–Kier alpha value is -3.71. The number of nitrogens with one attached hydrogen (secondary N) is 1. The van der Waals surface area contributed by atoms with Crippen molar-refractivity contribution in [1.82, 2.24) is 4.90 Å². The minimum absolute atomic E-state index is 0.0639. The lowest BCUT2D eigenvalue weighted by Crippen LogP contribution is -2.56. The van der Waals surface area contributed by atoms with Crippen molar-refractivity contribution < 1.29 is 18.7 Å². The van der Waals surface area contributed by atoms with E-state index in [4.69, 9.17) is 4.74 Å². The van der Waals surface area contributed by atoms with Crippen molar-refractivity contribution in [3.63, 3.8) is 0 Å². The van der Waals surface area contributed by atoms with Crippen LogP contribution in [0, 0.1) is 5.82 Å². The maximum atomic E-state index is 13.4. The van der Waals surface area contributed by atoms with E-state index in [0.29, 0.717) is 37.3 Å². The van der Waals surface area contributed by atoms with Gasteiger partial charge in [0.25, 0.3) is 11.8 Å². The largest absolute Gasteiger partial charge is 0.361 e. The van der Waals surface area contributed by atoms with E-state index < -0.39 is 5.60 Å². The van der Waals surface area contributed by atoms with Crippen LogP contribution in [0.3, 0.4) is 0 Å². The first-order valence-corrected chi connectivity index (χ1v) is 10.9. The van der Waals surface area contributed by atoms with E-state index in [9.17, 15) is 14.0 Å². The Bertz CT molecular complexity index is 1170. The highest BCUT2D eigenvalue weighted by Crippen LogP contribution is 2.33. The van der Waals surface area contributed by atoms with E-state index in [1.54, 1.807) is 21.9 Å². The molecule has 5 rings (SSSR count). The molecule has 33 heavy (non-hydrogen) atoms. The number of nitrogens with zero attached hydrogens (tertiary/aromatic N) is 2. The highest BCUT2D eigenvalue weighted by Gasteiger charge is 2.46. The summed E-state index contributed by atoms with van der Waals surface area (Å²) in [5, 5.41) is 3.32. The van der Waals surface area contributed by atoms with Gasteiger partial charge in [0, 0.05) is 17.9 Å². The minimum atomic E-state index is -0.639. The number of carbonyl (C=O) groups excluding carboxylic acids is 2. The van der Waals surface area contributed by atoms with Gasteiger partial charge < -0.3 is 19.9 Å². The molecular formula is C26H24FN3O3. The zero-order chi connectivity index (χ0) is 22.8. The van der Waals surface area contributed by atoms with E-state index >= 15 is 0 Å². The van der Waals surface area contributed by atoms with Gasteiger partial charge in [0.2, 0.25) is 0 Å². The number of ether oxygens (including phenoxy) is 1. The molecule has 2 amide bonds. The monoisotopic (exact) mass is 445 g/mol. The minimum Gasteiger partial charge on any atom is -0.361 e. The fourth-order valence-electron chi connectivity index (χ4n) is 4.46. The van der Waals surface area contributed by atoms with Crippen LogP contribution in [0.25, 0.3) is 0 Å². The molecular weight excluding hydrogens is 421 g/mol. The molecule has 3 aromatic rings. The van der Waals surface area contributed by atoms with E-state index in [-0.39, 0.29) is 24.2 Å². The molecule has 2 aliphatic heterocycles. The molecule has 2 heterocycles. The Morgan fingerprint density at radius 2 is 1.67 bits per heavy atom. The molecule has 2 aliphatic rings. The summed E-state index contributed by atoms with van der Waals surface area (Å²) in [5.41, 5.74) is 2.22. The van der Waals surface area contributed by atoms with Crippen molar-refractivity contribution in [2.75, 3.05) is 36.5 Å². The molecule has 1 N–H and O–H groups in total. The first-order valence-electron chi connectivity index (χ1n) is 10.9. The molecule has 0 aliphatic carbocycles. The Morgan fingerprint density at radius 3 is 2.45 bits per heavy atom. The molecule has 3 aromatic carbocycles. The first-order chi connectivity index (χ1) is 16.0. The molecule has 0 aromatic heterocycles. The lowest BCUT2D eigenvalue weighted by atomic mass is 10.00. The van der Waals surface area contributed by atoms with Gasteiger partial charge in [-0.3, -0.25) is 9.59 Å². The zero-order valence-electron chi connectivity index (χ0n) is 18.0. The summed E-state index contributed by atoms with van der Waals surface area (Å²) in [6.45, 7) is 1.18. The summed E-state index contributed by atoms with van der Waals surface area (Å²) in [5.74, 6) is -0.608. The Labute approximate surface area is 191 Å². The van der Waals surface area contributed by atoms with E-state index in [1.165, 1.54) is 12.1 Å². The van der Waals surface area contributed by atoms with E-state index in [0.717, 1.165) is 11.4 Å².